The smallest absolute Gasteiger partial charge is 0.132 e. The Labute approximate surface area is 88.7 Å². The number of hydrogen-bond acceptors (Lipinski definition) is 1. The van der Waals surface area contributed by atoms with Crippen LogP contribution in [0.2, 0.25) is 0 Å². The van der Waals surface area contributed by atoms with Gasteiger partial charge in [0.25, 0.3) is 0 Å². The average Bonchev–Trinajstić information content (AvgIpc) is 2.13. The number of hydrogen-bond donors (Lipinski definition) is 0. The summed E-state index contributed by atoms with van der Waals surface area (Å²) in [6, 6.07) is 0. The molecule has 0 bridgehead atoms. The van der Waals surface area contributed by atoms with Crippen LogP contribution in [0.1, 0.15) is 35.0 Å². The van der Waals surface area contributed by atoms with Crippen molar-refractivity contribution in [3.05, 3.63) is 36.5 Å². The fraction of sp³-hybridized carbons (Fsp3) is 0.462. The molecule has 0 saturated heterocycles. The van der Waals surface area contributed by atoms with Crippen LogP contribution in [-0.4, -0.2) is 5.78 Å². The molecule has 0 N–H and O–H groups in total. The highest BCUT2D eigenvalue weighted by atomic mass is 16.1. The number of carbonyl (C=O) groups is 1. The van der Waals surface area contributed by atoms with Gasteiger partial charge < -0.3 is 0 Å². The van der Waals surface area contributed by atoms with E-state index in [1.807, 2.05) is 19.9 Å². The largest absolute Gasteiger partial charge is 0.300 e. The lowest BCUT2D eigenvalue weighted by molar-refractivity contribution is -0.120. The molecule has 14 heavy (non-hydrogen) atoms. The van der Waals surface area contributed by atoms with Crippen LogP contribution in [0.15, 0.2) is 36.5 Å². The first-order valence-corrected chi connectivity index (χ1v) is 4.97. The van der Waals surface area contributed by atoms with E-state index in [9.17, 15) is 4.79 Å². The van der Waals surface area contributed by atoms with Crippen LogP contribution >= 0.6 is 0 Å². The number of ketones is 1. The normalized spacial score (nSPS) is 13.5. The molecule has 0 saturated carbocycles. The van der Waals surface area contributed by atoms with Crippen molar-refractivity contribution in [2.24, 2.45) is 5.92 Å². The lowest BCUT2D eigenvalue weighted by atomic mass is 9.96. The third-order valence-electron chi connectivity index (χ3n) is 2.50. The van der Waals surface area contributed by atoms with E-state index < -0.39 is 0 Å². The van der Waals surface area contributed by atoms with Crippen LogP contribution in [0.25, 0.3) is 0 Å². The van der Waals surface area contributed by atoms with Crippen molar-refractivity contribution in [1.29, 1.82) is 0 Å². The van der Waals surface area contributed by atoms with Crippen molar-refractivity contribution in [3.63, 3.8) is 0 Å². The fourth-order valence-electron chi connectivity index (χ4n) is 1.09. The van der Waals surface area contributed by atoms with Crippen molar-refractivity contribution < 1.29 is 6.22 Å². The van der Waals surface area contributed by atoms with Gasteiger partial charge in [-0.05, 0) is 32.3 Å². The summed E-state index contributed by atoms with van der Waals surface area (Å²) in [5, 5.41) is 0. The zero-order valence-corrected chi connectivity index (χ0v) is 9.47. The van der Waals surface area contributed by atoms with Gasteiger partial charge in [0.1, 0.15) is 5.78 Å². The molecule has 0 amide bonds. The molecule has 0 aromatic carbocycles. The zero-order valence-electron chi connectivity index (χ0n) is 9.47. The Morgan fingerprint density at radius 2 is 2.07 bits per heavy atom. The van der Waals surface area contributed by atoms with Gasteiger partial charge in [-0.3, -0.25) is 4.79 Å². The summed E-state index contributed by atoms with van der Waals surface area (Å²) < 4.78 is 0. The Balaban J connectivity index is 0. The molecule has 0 aliphatic carbocycles. The summed E-state index contributed by atoms with van der Waals surface area (Å²) in [4.78, 5) is 11.0. The molecule has 0 aliphatic rings. The first kappa shape index (κ1) is 12.9. The summed E-state index contributed by atoms with van der Waals surface area (Å²) in [5.74, 6) is 0.395. The van der Waals surface area contributed by atoms with Crippen LogP contribution < -0.4 is 0 Å². The van der Waals surface area contributed by atoms with Crippen LogP contribution in [-0.2, 0) is 4.79 Å². The summed E-state index contributed by atoms with van der Waals surface area (Å²) in [6.07, 6.45) is 5.48. The monoisotopic (exact) mass is 194 g/mol. The Morgan fingerprint density at radius 1 is 1.50 bits per heavy atom. The van der Waals surface area contributed by atoms with E-state index in [-0.39, 0.29) is 13.1 Å². The number of allylic oxidation sites excluding steroid dienone is 4. The molecule has 0 heterocycles. The molecule has 1 unspecified atom stereocenters. The van der Waals surface area contributed by atoms with Gasteiger partial charge in [0, 0.05) is 7.34 Å². The topological polar surface area (TPSA) is 17.1 Å². The molecular weight excluding hydrogens is 172 g/mol. The average molecular weight is 194 g/mol. The highest BCUT2D eigenvalue weighted by Gasteiger charge is 2.07. The molecule has 1 atom stereocenters. The molecule has 0 fully saturated rings. The molecule has 0 aliphatic heterocycles. The Kier molecular flexibility index (Phi) is 5.86. The minimum atomic E-state index is 0. The number of Topliss-reactive ketones (excluding diaryl/α,β-unsaturated/α-hetero) is 1. The van der Waals surface area contributed by atoms with E-state index in [4.69, 9.17) is 0 Å². The molecule has 0 aromatic heterocycles. The van der Waals surface area contributed by atoms with Crippen LogP contribution in [0.3, 0.4) is 0 Å². The van der Waals surface area contributed by atoms with Gasteiger partial charge in [-0.25, -0.2) is 0 Å². The van der Waals surface area contributed by atoms with Crippen molar-refractivity contribution in [2.45, 2.75) is 33.6 Å². The van der Waals surface area contributed by atoms with Crippen LogP contribution in [0.5, 0.6) is 0 Å². The highest BCUT2D eigenvalue weighted by Crippen LogP contribution is 2.17. The van der Waals surface area contributed by atoms with Crippen molar-refractivity contribution in [3.8, 4) is 0 Å². The maximum absolute atomic E-state index is 11.0. The second-order valence-corrected chi connectivity index (χ2v) is 3.74. The highest BCUT2D eigenvalue weighted by molar-refractivity contribution is 5.77. The van der Waals surface area contributed by atoms with Gasteiger partial charge in [-0.1, -0.05) is 37.8 Å². The van der Waals surface area contributed by atoms with Gasteiger partial charge in [-0.15, -0.1) is 0 Å². The van der Waals surface area contributed by atoms with Crippen molar-refractivity contribution in [2.75, 3.05) is 0 Å². The first-order valence-electron chi connectivity index (χ1n) is 4.97. The number of carbonyl (C=O) groups excluding carboxylic acids is 1. The molecule has 0 aromatic rings. The summed E-state index contributed by atoms with van der Waals surface area (Å²) in [6.45, 7) is 13.2. The zero-order chi connectivity index (χ0) is 11.1. The van der Waals surface area contributed by atoms with Gasteiger partial charge in [-0.2, -0.15) is 0 Å². The Morgan fingerprint density at radius 3 is 2.50 bits per heavy atom. The van der Waals surface area contributed by atoms with Crippen LogP contribution in [0, 0.1) is 5.92 Å². The second kappa shape index (κ2) is 6.36. The quantitative estimate of drug-likeness (QED) is 0.586. The third-order valence-corrected chi connectivity index (χ3v) is 2.50. The Hall–Kier alpha value is -1.11. The summed E-state index contributed by atoms with van der Waals surface area (Å²) in [5.41, 5.74) is 2.24. The SMILES string of the molecule is C=C/C=C(/C)C(=C)CCC(C)C(C)=O.[HH]. The number of rotatable bonds is 6. The van der Waals surface area contributed by atoms with E-state index in [2.05, 4.69) is 13.2 Å². The molecule has 80 valence electrons. The Bertz CT molecular complexity index is 264. The molecule has 0 rings (SSSR count). The molecule has 0 radical (unpaired) electrons. The van der Waals surface area contributed by atoms with Gasteiger partial charge in [0.15, 0.2) is 0 Å². The molecular formula is C13H22O. The van der Waals surface area contributed by atoms with Crippen LogP contribution in [0.4, 0.5) is 0 Å². The first-order chi connectivity index (χ1) is 6.49. The minimum absolute atomic E-state index is 0. The predicted molar refractivity (Wildman–Crippen MR) is 64.3 cm³/mol. The van der Waals surface area contributed by atoms with Gasteiger partial charge >= 0.3 is 0 Å². The standard InChI is InChI=1S/C13H20O.H2/c1-6-7-10(2)11(3)8-9-12(4)13(5)14;/h6-7,12H,1,3,8-9H2,2,4-5H3;1H/b10-7-;. The van der Waals surface area contributed by atoms with Gasteiger partial charge in [0.2, 0.25) is 0 Å². The minimum Gasteiger partial charge on any atom is -0.300 e. The lowest BCUT2D eigenvalue weighted by Gasteiger charge is -2.09. The maximum Gasteiger partial charge on any atom is 0.132 e. The van der Waals surface area contributed by atoms with Crippen molar-refractivity contribution in [1.82, 2.24) is 0 Å². The third kappa shape index (κ3) is 4.80. The molecule has 1 heteroatoms. The van der Waals surface area contributed by atoms with Gasteiger partial charge in [0.05, 0.1) is 0 Å². The predicted octanol–water partition coefficient (Wildman–Crippen LogP) is 3.93. The molecule has 0 spiro atoms. The van der Waals surface area contributed by atoms with E-state index >= 15 is 0 Å². The van der Waals surface area contributed by atoms with E-state index in [0.717, 1.165) is 24.0 Å². The van der Waals surface area contributed by atoms with Crippen molar-refractivity contribution >= 4 is 5.78 Å². The summed E-state index contributed by atoms with van der Waals surface area (Å²) >= 11 is 0. The molecule has 1 nitrogen and oxygen atoms in total. The summed E-state index contributed by atoms with van der Waals surface area (Å²) in [7, 11) is 0. The maximum atomic E-state index is 11.0. The van der Waals surface area contributed by atoms with E-state index in [1.54, 1.807) is 13.0 Å². The van der Waals surface area contributed by atoms with E-state index in [0.29, 0.717) is 0 Å². The second-order valence-electron chi connectivity index (χ2n) is 3.74. The lowest BCUT2D eigenvalue weighted by Crippen LogP contribution is -2.06. The van der Waals surface area contributed by atoms with E-state index in [1.165, 1.54) is 0 Å². The fourth-order valence-corrected chi connectivity index (χ4v) is 1.09.